The normalized spacial score (nSPS) is 16.8. The number of sulfonamides is 1. The third-order valence-electron chi connectivity index (χ3n) is 4.08. The molecule has 0 amide bonds. The molecule has 1 fully saturated rings. The molecule has 0 aliphatic carbocycles. The lowest BCUT2D eigenvalue weighted by Gasteiger charge is -2.19. The third kappa shape index (κ3) is 5.09. The van der Waals surface area contributed by atoms with E-state index < -0.39 is 10.0 Å². The summed E-state index contributed by atoms with van der Waals surface area (Å²) >= 11 is 0. The molecule has 0 atom stereocenters. The van der Waals surface area contributed by atoms with Gasteiger partial charge in [0.2, 0.25) is 10.0 Å². The van der Waals surface area contributed by atoms with Crippen LogP contribution < -0.4 is 14.2 Å². The van der Waals surface area contributed by atoms with Gasteiger partial charge in [-0.15, -0.1) is 0 Å². The smallest absolute Gasteiger partial charge is 0.240 e. The number of ether oxygens (including phenoxy) is 2. The molecule has 1 aliphatic rings. The molecule has 7 heteroatoms. The van der Waals surface area contributed by atoms with Gasteiger partial charge in [0.25, 0.3) is 0 Å². The first kappa shape index (κ1) is 18.0. The first-order chi connectivity index (χ1) is 11.1. The van der Waals surface area contributed by atoms with E-state index >= 15 is 0 Å². The van der Waals surface area contributed by atoms with Crippen LogP contribution in [0.1, 0.15) is 25.7 Å². The quantitative estimate of drug-likeness (QED) is 0.819. The zero-order chi connectivity index (χ0) is 16.7. The van der Waals surface area contributed by atoms with E-state index in [0.717, 1.165) is 19.6 Å². The maximum Gasteiger partial charge on any atom is 0.240 e. The number of hydrogen-bond donors (Lipinski definition) is 1. The lowest BCUT2D eigenvalue weighted by molar-refractivity contribution is 0.290. The molecular formula is C16H26N2O4S. The topological polar surface area (TPSA) is 67.9 Å². The minimum absolute atomic E-state index is 0.186. The Labute approximate surface area is 138 Å². The van der Waals surface area contributed by atoms with E-state index in [9.17, 15) is 8.42 Å². The summed E-state index contributed by atoms with van der Waals surface area (Å²) in [6, 6.07) is 4.60. The van der Waals surface area contributed by atoms with E-state index in [-0.39, 0.29) is 4.90 Å². The molecule has 6 nitrogen and oxygen atoms in total. The SMILES string of the molecule is COc1ccc(S(=O)(=O)NCCN2CCCCCC2)cc1OC. The molecule has 2 rings (SSSR count). The lowest BCUT2D eigenvalue weighted by atomic mass is 10.2. The number of methoxy groups -OCH3 is 2. The molecule has 1 aliphatic heterocycles. The van der Waals surface area contributed by atoms with E-state index in [2.05, 4.69) is 9.62 Å². The Morgan fingerprint density at radius 1 is 1.04 bits per heavy atom. The van der Waals surface area contributed by atoms with Crippen molar-refractivity contribution in [2.24, 2.45) is 0 Å². The maximum atomic E-state index is 12.4. The zero-order valence-corrected chi connectivity index (χ0v) is 14.7. The second-order valence-electron chi connectivity index (χ2n) is 5.67. The van der Waals surface area contributed by atoms with Gasteiger partial charge in [0.1, 0.15) is 0 Å². The highest BCUT2D eigenvalue weighted by Gasteiger charge is 2.17. The molecule has 0 radical (unpaired) electrons. The fraction of sp³-hybridized carbons (Fsp3) is 0.625. The van der Waals surface area contributed by atoms with Crippen molar-refractivity contribution in [1.29, 1.82) is 0 Å². The van der Waals surface area contributed by atoms with Crippen molar-refractivity contribution in [3.05, 3.63) is 18.2 Å². The Kier molecular flexibility index (Phi) is 6.68. The van der Waals surface area contributed by atoms with Gasteiger partial charge in [-0.05, 0) is 38.1 Å². The Bertz CT molecular complexity index is 596. The van der Waals surface area contributed by atoms with Gasteiger partial charge < -0.3 is 14.4 Å². The minimum Gasteiger partial charge on any atom is -0.493 e. The van der Waals surface area contributed by atoms with Crippen LogP contribution in [0.25, 0.3) is 0 Å². The molecule has 0 aromatic heterocycles. The summed E-state index contributed by atoms with van der Waals surface area (Å²) in [5.74, 6) is 0.916. The van der Waals surface area contributed by atoms with Gasteiger partial charge in [0, 0.05) is 19.2 Å². The van der Waals surface area contributed by atoms with Crippen molar-refractivity contribution in [2.75, 3.05) is 40.4 Å². The minimum atomic E-state index is -3.54. The van der Waals surface area contributed by atoms with Gasteiger partial charge in [-0.1, -0.05) is 12.8 Å². The number of hydrogen-bond acceptors (Lipinski definition) is 5. The summed E-state index contributed by atoms with van der Waals surface area (Å²) < 4.78 is 37.7. The Balaban J connectivity index is 1.95. The van der Waals surface area contributed by atoms with Crippen LogP contribution in [0.15, 0.2) is 23.1 Å². The van der Waals surface area contributed by atoms with E-state index in [4.69, 9.17) is 9.47 Å². The predicted molar refractivity (Wildman–Crippen MR) is 89.6 cm³/mol. The highest BCUT2D eigenvalue weighted by atomic mass is 32.2. The number of nitrogens with one attached hydrogen (secondary N) is 1. The second kappa shape index (κ2) is 8.52. The average molecular weight is 342 g/mol. The van der Waals surface area contributed by atoms with Crippen molar-refractivity contribution in [3.63, 3.8) is 0 Å². The highest BCUT2D eigenvalue weighted by molar-refractivity contribution is 7.89. The first-order valence-corrected chi connectivity index (χ1v) is 9.49. The zero-order valence-electron chi connectivity index (χ0n) is 13.9. The van der Waals surface area contributed by atoms with Gasteiger partial charge >= 0.3 is 0 Å². The van der Waals surface area contributed by atoms with Crippen LogP contribution in [-0.4, -0.2) is 53.7 Å². The number of nitrogens with zero attached hydrogens (tertiary/aromatic N) is 1. The van der Waals surface area contributed by atoms with Crippen LogP contribution in [0.4, 0.5) is 0 Å². The Morgan fingerprint density at radius 3 is 2.30 bits per heavy atom. The molecular weight excluding hydrogens is 316 g/mol. The summed E-state index contributed by atoms with van der Waals surface area (Å²) in [5.41, 5.74) is 0. The van der Waals surface area contributed by atoms with Crippen molar-refractivity contribution >= 4 is 10.0 Å². The third-order valence-corrected chi connectivity index (χ3v) is 5.54. The van der Waals surface area contributed by atoms with Gasteiger partial charge in [-0.3, -0.25) is 0 Å². The Hall–Kier alpha value is -1.31. The highest BCUT2D eigenvalue weighted by Crippen LogP contribution is 2.29. The summed E-state index contributed by atoms with van der Waals surface area (Å²) in [7, 11) is -0.534. The summed E-state index contributed by atoms with van der Waals surface area (Å²) in [6.45, 7) is 3.26. The van der Waals surface area contributed by atoms with Crippen LogP contribution in [0, 0.1) is 0 Å². The molecule has 1 heterocycles. The Morgan fingerprint density at radius 2 is 1.70 bits per heavy atom. The van der Waals surface area contributed by atoms with Crippen molar-refractivity contribution in [3.8, 4) is 11.5 Å². The average Bonchev–Trinajstić information content (AvgIpc) is 2.82. The van der Waals surface area contributed by atoms with Crippen LogP contribution in [-0.2, 0) is 10.0 Å². The molecule has 1 aromatic rings. The fourth-order valence-electron chi connectivity index (χ4n) is 2.76. The number of benzene rings is 1. The van der Waals surface area contributed by atoms with Crippen LogP contribution in [0.5, 0.6) is 11.5 Å². The molecule has 0 spiro atoms. The molecule has 23 heavy (non-hydrogen) atoms. The molecule has 0 bridgehead atoms. The van der Waals surface area contributed by atoms with Crippen LogP contribution in [0.3, 0.4) is 0 Å². The second-order valence-corrected chi connectivity index (χ2v) is 7.44. The van der Waals surface area contributed by atoms with Crippen LogP contribution >= 0.6 is 0 Å². The van der Waals surface area contributed by atoms with Crippen molar-refractivity contribution in [1.82, 2.24) is 9.62 Å². The molecule has 0 unspecified atom stereocenters. The molecule has 1 saturated heterocycles. The number of rotatable bonds is 7. The standard InChI is InChI=1S/C16H26N2O4S/c1-21-15-8-7-14(13-16(15)22-2)23(19,20)17-9-12-18-10-5-3-4-6-11-18/h7-8,13,17H,3-6,9-12H2,1-2H3. The van der Waals surface area contributed by atoms with Crippen molar-refractivity contribution in [2.45, 2.75) is 30.6 Å². The number of likely N-dealkylation sites (tertiary alicyclic amines) is 1. The van der Waals surface area contributed by atoms with E-state index in [0.29, 0.717) is 18.0 Å². The molecule has 1 N–H and O–H groups in total. The fourth-order valence-corrected chi connectivity index (χ4v) is 3.80. The van der Waals surface area contributed by atoms with Crippen LogP contribution in [0.2, 0.25) is 0 Å². The molecule has 0 saturated carbocycles. The molecule has 130 valence electrons. The van der Waals surface area contributed by atoms with Crippen molar-refractivity contribution < 1.29 is 17.9 Å². The van der Waals surface area contributed by atoms with E-state index in [1.807, 2.05) is 0 Å². The van der Waals surface area contributed by atoms with E-state index in [1.54, 1.807) is 6.07 Å². The summed E-state index contributed by atoms with van der Waals surface area (Å²) in [6.07, 6.45) is 4.94. The van der Waals surface area contributed by atoms with Gasteiger partial charge in [-0.2, -0.15) is 0 Å². The monoisotopic (exact) mass is 342 g/mol. The van der Waals surface area contributed by atoms with E-state index in [1.165, 1.54) is 52.0 Å². The van der Waals surface area contributed by atoms with Gasteiger partial charge in [0.05, 0.1) is 19.1 Å². The summed E-state index contributed by atoms with van der Waals surface area (Å²) in [5, 5.41) is 0. The maximum absolute atomic E-state index is 12.4. The largest absolute Gasteiger partial charge is 0.493 e. The first-order valence-electron chi connectivity index (χ1n) is 8.01. The van der Waals surface area contributed by atoms with Gasteiger partial charge in [-0.25, -0.2) is 13.1 Å². The predicted octanol–water partition coefficient (Wildman–Crippen LogP) is 1.86. The summed E-state index contributed by atoms with van der Waals surface area (Å²) in [4.78, 5) is 2.51. The lowest BCUT2D eigenvalue weighted by Crippen LogP contribution is -2.35. The molecule has 1 aromatic carbocycles. The van der Waals surface area contributed by atoms with Gasteiger partial charge in [0.15, 0.2) is 11.5 Å².